The maximum Gasteiger partial charge on any atom is 0.243 e. The second-order valence-corrected chi connectivity index (χ2v) is 8.00. The molecular formula is C23H28Cl2N2O2. The predicted octanol–water partition coefficient (Wildman–Crippen LogP) is 5.26. The van der Waals surface area contributed by atoms with Gasteiger partial charge in [0.2, 0.25) is 11.8 Å². The highest BCUT2D eigenvalue weighted by atomic mass is 35.5. The third-order valence-corrected chi connectivity index (χ3v) is 5.57. The van der Waals surface area contributed by atoms with Crippen LogP contribution in [-0.4, -0.2) is 28.8 Å². The Bertz CT molecular complexity index is 824. The van der Waals surface area contributed by atoms with Gasteiger partial charge in [0.1, 0.15) is 6.04 Å². The van der Waals surface area contributed by atoms with Gasteiger partial charge in [0.05, 0.1) is 6.42 Å². The highest BCUT2D eigenvalue weighted by Gasteiger charge is 2.29. The molecule has 0 spiro atoms. The lowest BCUT2D eigenvalue weighted by Crippen LogP contribution is -2.51. The molecule has 29 heavy (non-hydrogen) atoms. The number of carbonyl (C=O) groups excluding carboxylic acids is 2. The molecule has 0 bridgehead atoms. The summed E-state index contributed by atoms with van der Waals surface area (Å²) in [5.41, 5.74) is 1.66. The monoisotopic (exact) mass is 434 g/mol. The molecule has 2 rings (SSSR count). The summed E-state index contributed by atoms with van der Waals surface area (Å²) in [6, 6.07) is 14.1. The molecular weight excluding hydrogens is 407 g/mol. The third kappa shape index (κ3) is 6.76. The lowest BCUT2D eigenvalue weighted by atomic mass is 10.1. The van der Waals surface area contributed by atoms with E-state index >= 15 is 0 Å². The maximum absolute atomic E-state index is 13.3. The quantitative estimate of drug-likeness (QED) is 0.584. The van der Waals surface area contributed by atoms with Crippen LogP contribution in [0.2, 0.25) is 10.0 Å². The van der Waals surface area contributed by atoms with Crippen LogP contribution in [0.4, 0.5) is 0 Å². The van der Waals surface area contributed by atoms with Gasteiger partial charge in [-0.2, -0.15) is 0 Å². The summed E-state index contributed by atoms with van der Waals surface area (Å²) in [6.07, 6.45) is 1.48. The van der Waals surface area contributed by atoms with Gasteiger partial charge in [0.15, 0.2) is 0 Å². The van der Waals surface area contributed by atoms with E-state index in [0.29, 0.717) is 23.0 Å². The zero-order valence-corrected chi connectivity index (χ0v) is 18.6. The highest BCUT2D eigenvalue weighted by molar-refractivity contribution is 6.31. The van der Waals surface area contributed by atoms with Crippen LogP contribution in [-0.2, 0) is 22.6 Å². The topological polar surface area (TPSA) is 49.4 Å². The average molecular weight is 435 g/mol. The van der Waals surface area contributed by atoms with Crippen molar-refractivity contribution in [3.63, 3.8) is 0 Å². The zero-order valence-electron chi connectivity index (χ0n) is 17.1. The van der Waals surface area contributed by atoms with Crippen molar-refractivity contribution >= 4 is 35.0 Å². The Labute approximate surface area is 183 Å². The Kier molecular flexibility index (Phi) is 8.99. The Hall–Kier alpha value is -2.04. The molecule has 0 radical (unpaired) electrons. The maximum atomic E-state index is 13.3. The van der Waals surface area contributed by atoms with Crippen molar-refractivity contribution in [2.24, 2.45) is 0 Å². The highest BCUT2D eigenvalue weighted by Crippen LogP contribution is 2.20. The van der Waals surface area contributed by atoms with Crippen molar-refractivity contribution < 1.29 is 9.59 Å². The van der Waals surface area contributed by atoms with Gasteiger partial charge in [-0.05, 0) is 49.1 Å². The first-order valence-electron chi connectivity index (χ1n) is 9.93. The van der Waals surface area contributed by atoms with Gasteiger partial charge >= 0.3 is 0 Å². The van der Waals surface area contributed by atoms with Crippen molar-refractivity contribution in [1.82, 2.24) is 10.2 Å². The summed E-state index contributed by atoms with van der Waals surface area (Å²) >= 11 is 12.2. The molecule has 2 atom stereocenters. The van der Waals surface area contributed by atoms with E-state index in [1.807, 2.05) is 51.1 Å². The molecule has 0 unspecified atom stereocenters. The van der Waals surface area contributed by atoms with Crippen molar-refractivity contribution in [3.05, 3.63) is 69.7 Å². The van der Waals surface area contributed by atoms with Gasteiger partial charge in [-0.3, -0.25) is 9.59 Å². The van der Waals surface area contributed by atoms with Gasteiger partial charge in [0, 0.05) is 22.6 Å². The number of amides is 2. The van der Waals surface area contributed by atoms with Crippen LogP contribution < -0.4 is 5.32 Å². The van der Waals surface area contributed by atoms with Crippen molar-refractivity contribution in [3.8, 4) is 0 Å². The van der Waals surface area contributed by atoms with E-state index in [2.05, 4.69) is 5.32 Å². The number of halogens is 2. The Morgan fingerprint density at radius 2 is 1.66 bits per heavy atom. The van der Waals surface area contributed by atoms with E-state index in [1.165, 1.54) is 0 Å². The minimum absolute atomic E-state index is 0.0487. The molecule has 2 aromatic rings. The standard InChI is InChI=1S/C23H28Cl2N2O2/c1-4-16(3)26-23(29)21(5-2)27(15-17-10-12-19(24)13-11-17)22(28)14-18-8-6-7-9-20(18)25/h6-13,16,21H,4-5,14-15H2,1-3H3,(H,26,29)/t16-,21-/m1/s1. The number of carbonyl (C=O) groups is 2. The first-order chi connectivity index (χ1) is 13.8. The number of rotatable bonds is 9. The molecule has 4 nitrogen and oxygen atoms in total. The van der Waals surface area contributed by atoms with E-state index in [4.69, 9.17) is 23.2 Å². The molecule has 0 aliphatic rings. The van der Waals surface area contributed by atoms with Crippen molar-refractivity contribution in [1.29, 1.82) is 0 Å². The van der Waals surface area contributed by atoms with Crippen LogP contribution >= 0.6 is 23.2 Å². The fraction of sp³-hybridized carbons (Fsp3) is 0.391. The lowest BCUT2D eigenvalue weighted by molar-refractivity contribution is -0.141. The molecule has 0 saturated carbocycles. The molecule has 2 amide bonds. The average Bonchev–Trinajstić information content (AvgIpc) is 2.70. The SMILES string of the molecule is CC[C@@H](C)NC(=O)[C@@H](CC)N(Cc1ccc(Cl)cc1)C(=O)Cc1ccccc1Cl. The van der Waals surface area contributed by atoms with Crippen molar-refractivity contribution in [2.75, 3.05) is 0 Å². The molecule has 2 aromatic carbocycles. The van der Waals surface area contributed by atoms with Crippen LogP contribution in [0.3, 0.4) is 0 Å². The molecule has 0 saturated heterocycles. The summed E-state index contributed by atoms with van der Waals surface area (Å²) in [5, 5.41) is 4.18. The van der Waals surface area contributed by atoms with Crippen LogP contribution in [0.25, 0.3) is 0 Å². The summed E-state index contributed by atoms with van der Waals surface area (Å²) in [4.78, 5) is 27.8. The minimum atomic E-state index is -0.560. The van der Waals surface area contributed by atoms with Gasteiger partial charge < -0.3 is 10.2 Å². The van der Waals surface area contributed by atoms with Gasteiger partial charge in [-0.25, -0.2) is 0 Å². The second kappa shape index (κ2) is 11.2. The normalized spacial score (nSPS) is 12.9. The number of hydrogen-bond donors (Lipinski definition) is 1. The fourth-order valence-electron chi connectivity index (χ4n) is 3.05. The third-order valence-electron chi connectivity index (χ3n) is 4.95. The Morgan fingerprint density at radius 3 is 2.24 bits per heavy atom. The summed E-state index contributed by atoms with van der Waals surface area (Å²) in [5.74, 6) is -0.275. The van der Waals surface area contributed by atoms with Crippen LogP contribution in [0.15, 0.2) is 48.5 Å². The largest absolute Gasteiger partial charge is 0.352 e. The van der Waals surface area contributed by atoms with E-state index in [1.54, 1.807) is 23.1 Å². The van der Waals surface area contributed by atoms with Gasteiger partial charge in [0.25, 0.3) is 0 Å². The van der Waals surface area contributed by atoms with Crippen LogP contribution in [0.5, 0.6) is 0 Å². The number of benzene rings is 2. The van der Waals surface area contributed by atoms with E-state index in [0.717, 1.165) is 17.5 Å². The van der Waals surface area contributed by atoms with E-state index in [9.17, 15) is 9.59 Å². The molecule has 1 N–H and O–H groups in total. The van der Waals surface area contributed by atoms with Gasteiger partial charge in [-0.1, -0.05) is 67.4 Å². The summed E-state index contributed by atoms with van der Waals surface area (Å²) in [6.45, 7) is 6.21. The second-order valence-electron chi connectivity index (χ2n) is 7.16. The Morgan fingerprint density at radius 1 is 1.00 bits per heavy atom. The summed E-state index contributed by atoms with van der Waals surface area (Å²) in [7, 11) is 0. The first-order valence-corrected chi connectivity index (χ1v) is 10.7. The minimum Gasteiger partial charge on any atom is -0.352 e. The number of nitrogens with one attached hydrogen (secondary N) is 1. The molecule has 0 fully saturated rings. The first kappa shape index (κ1) is 23.2. The smallest absolute Gasteiger partial charge is 0.243 e. The number of nitrogens with zero attached hydrogens (tertiary/aromatic N) is 1. The molecule has 0 aliphatic heterocycles. The van der Waals surface area contributed by atoms with Crippen molar-refractivity contribution in [2.45, 2.75) is 58.7 Å². The summed E-state index contributed by atoms with van der Waals surface area (Å²) < 4.78 is 0. The van der Waals surface area contributed by atoms with Gasteiger partial charge in [-0.15, -0.1) is 0 Å². The van der Waals surface area contributed by atoms with E-state index < -0.39 is 6.04 Å². The Balaban J connectivity index is 2.29. The van der Waals surface area contributed by atoms with E-state index in [-0.39, 0.29) is 24.3 Å². The molecule has 0 aromatic heterocycles. The fourth-order valence-corrected chi connectivity index (χ4v) is 3.38. The molecule has 6 heteroatoms. The van der Waals surface area contributed by atoms with Crippen LogP contribution in [0, 0.1) is 0 Å². The predicted molar refractivity (Wildman–Crippen MR) is 119 cm³/mol. The molecule has 0 heterocycles. The van der Waals surface area contributed by atoms with Crippen LogP contribution in [0.1, 0.15) is 44.7 Å². The number of hydrogen-bond acceptors (Lipinski definition) is 2. The zero-order chi connectivity index (χ0) is 21.4. The molecule has 0 aliphatic carbocycles. The lowest BCUT2D eigenvalue weighted by Gasteiger charge is -2.31. The molecule has 156 valence electrons.